The van der Waals surface area contributed by atoms with Gasteiger partial charge < -0.3 is 14.8 Å². The summed E-state index contributed by atoms with van der Waals surface area (Å²) in [4.78, 5) is 17.0. The van der Waals surface area contributed by atoms with Crippen molar-refractivity contribution in [3.8, 4) is 5.75 Å². The Morgan fingerprint density at radius 2 is 2.13 bits per heavy atom. The Morgan fingerprint density at radius 1 is 1.39 bits per heavy atom. The minimum Gasteiger partial charge on any atom is -0.491 e. The molecule has 2 heterocycles. The van der Waals surface area contributed by atoms with Crippen LogP contribution in [0, 0.1) is 13.8 Å². The van der Waals surface area contributed by atoms with E-state index in [4.69, 9.17) is 4.74 Å². The zero-order chi connectivity index (χ0) is 17.0. The summed E-state index contributed by atoms with van der Waals surface area (Å²) in [5, 5.41) is 13.7. The molecule has 0 spiro atoms. The molecule has 7 nitrogen and oxygen atoms in total. The number of methoxy groups -OCH3 is 1. The van der Waals surface area contributed by atoms with Crippen LogP contribution in [0.25, 0.3) is 0 Å². The number of nitrogens with one attached hydrogen (secondary N) is 1. The number of aliphatic hydroxyl groups excluding tert-OH is 1. The highest BCUT2D eigenvalue weighted by Gasteiger charge is 2.15. The average molecular weight is 320 g/mol. The first-order valence-corrected chi connectivity index (χ1v) is 7.54. The van der Waals surface area contributed by atoms with Crippen LogP contribution in [0.4, 0.5) is 0 Å². The molecule has 0 fully saturated rings. The Labute approximate surface area is 135 Å². The van der Waals surface area contributed by atoms with E-state index in [0.29, 0.717) is 25.4 Å². The van der Waals surface area contributed by atoms with E-state index in [1.54, 1.807) is 6.20 Å². The Hall–Kier alpha value is -2.12. The Morgan fingerprint density at radius 3 is 2.65 bits per heavy atom. The summed E-state index contributed by atoms with van der Waals surface area (Å²) in [5.74, 6) is 0.293. The van der Waals surface area contributed by atoms with Gasteiger partial charge in [0.25, 0.3) is 0 Å². The van der Waals surface area contributed by atoms with Gasteiger partial charge in [0.2, 0.25) is 5.43 Å². The molecule has 0 amide bonds. The molecule has 7 heteroatoms. The van der Waals surface area contributed by atoms with Crippen LogP contribution in [0.2, 0.25) is 0 Å². The molecule has 0 unspecified atom stereocenters. The van der Waals surface area contributed by atoms with Gasteiger partial charge in [0.1, 0.15) is 0 Å². The first-order valence-electron chi connectivity index (χ1n) is 7.54. The lowest BCUT2D eigenvalue weighted by Crippen LogP contribution is -2.27. The maximum atomic E-state index is 11.9. The van der Waals surface area contributed by atoms with Crippen LogP contribution in [0.5, 0.6) is 5.75 Å². The monoisotopic (exact) mass is 320 g/mol. The van der Waals surface area contributed by atoms with Crippen molar-refractivity contribution in [3.63, 3.8) is 0 Å². The van der Waals surface area contributed by atoms with Crippen molar-refractivity contribution in [1.82, 2.24) is 19.7 Å². The van der Waals surface area contributed by atoms with Crippen molar-refractivity contribution in [2.24, 2.45) is 7.05 Å². The lowest BCUT2D eigenvalue weighted by Gasteiger charge is -2.21. The van der Waals surface area contributed by atoms with Gasteiger partial charge in [-0.15, -0.1) is 0 Å². The smallest absolute Gasteiger partial charge is 0.223 e. The second kappa shape index (κ2) is 7.43. The third-order valence-corrected chi connectivity index (χ3v) is 4.01. The molecule has 23 heavy (non-hydrogen) atoms. The molecule has 126 valence electrons. The topological polar surface area (TPSA) is 83.4 Å². The molecule has 0 aromatic carbocycles. The van der Waals surface area contributed by atoms with Crippen LogP contribution in [0.15, 0.2) is 17.1 Å². The average Bonchev–Trinajstić information content (AvgIpc) is 2.74. The number of rotatable bonds is 7. The van der Waals surface area contributed by atoms with Gasteiger partial charge in [0.05, 0.1) is 19.4 Å². The normalized spacial score (nSPS) is 11.2. The quantitative estimate of drug-likeness (QED) is 0.786. The Kier molecular flexibility index (Phi) is 5.57. The second-order valence-electron chi connectivity index (χ2n) is 5.60. The minimum absolute atomic E-state index is 0.0543. The van der Waals surface area contributed by atoms with Crippen molar-refractivity contribution in [2.45, 2.75) is 26.9 Å². The summed E-state index contributed by atoms with van der Waals surface area (Å²) in [6.45, 7) is 5.78. The molecule has 2 N–H and O–H groups in total. The number of aromatic amines is 1. The minimum atomic E-state index is -0.154. The fourth-order valence-corrected chi connectivity index (χ4v) is 2.62. The predicted octanol–water partition coefficient (Wildman–Crippen LogP) is 0.728. The summed E-state index contributed by atoms with van der Waals surface area (Å²) in [6.07, 6.45) is 1.56. The third kappa shape index (κ3) is 4.00. The first-order chi connectivity index (χ1) is 11.0. The van der Waals surface area contributed by atoms with Crippen LogP contribution in [-0.4, -0.2) is 45.0 Å². The third-order valence-electron chi connectivity index (χ3n) is 4.01. The molecule has 0 atom stereocenters. The maximum absolute atomic E-state index is 11.9. The molecule has 2 aromatic rings. The molecule has 0 aliphatic heterocycles. The number of nitrogens with zero attached hydrogens (tertiary/aromatic N) is 3. The summed E-state index contributed by atoms with van der Waals surface area (Å²) >= 11 is 0. The van der Waals surface area contributed by atoms with Gasteiger partial charge in [-0.25, -0.2) is 0 Å². The van der Waals surface area contributed by atoms with E-state index in [-0.39, 0.29) is 12.0 Å². The van der Waals surface area contributed by atoms with Crippen molar-refractivity contribution < 1.29 is 9.84 Å². The molecule has 0 aliphatic rings. The van der Waals surface area contributed by atoms with Crippen molar-refractivity contribution in [1.29, 1.82) is 0 Å². The van der Waals surface area contributed by atoms with Crippen LogP contribution in [0.1, 0.15) is 22.6 Å². The van der Waals surface area contributed by atoms with E-state index in [1.165, 1.54) is 13.2 Å². The predicted molar refractivity (Wildman–Crippen MR) is 87.5 cm³/mol. The Balaban J connectivity index is 2.18. The van der Waals surface area contributed by atoms with Crippen LogP contribution in [0.3, 0.4) is 0 Å². The standard InChI is InChI=1S/C16H24N4O3/c1-11-14(12(2)19(3)18-11)10-20(5-6-21)9-13-7-15(22)16(23-4)8-17-13/h7-8,21H,5-6,9-10H2,1-4H3,(H,17,22). The van der Waals surface area contributed by atoms with E-state index in [0.717, 1.165) is 22.6 Å². The number of H-pyrrole nitrogens is 1. The lowest BCUT2D eigenvalue weighted by molar-refractivity contribution is 0.182. The fraction of sp³-hybridized carbons (Fsp3) is 0.500. The first kappa shape index (κ1) is 17.2. The number of hydrogen-bond donors (Lipinski definition) is 2. The molecule has 0 saturated carbocycles. The van der Waals surface area contributed by atoms with Crippen LogP contribution in [-0.2, 0) is 20.1 Å². The number of ether oxygens (including phenoxy) is 1. The zero-order valence-electron chi connectivity index (χ0n) is 14.1. The highest BCUT2D eigenvalue weighted by Crippen LogP contribution is 2.16. The number of aromatic nitrogens is 3. The van der Waals surface area contributed by atoms with E-state index < -0.39 is 0 Å². The van der Waals surface area contributed by atoms with Gasteiger partial charge in [-0.05, 0) is 13.8 Å². The molecular formula is C16H24N4O3. The Bertz CT molecular complexity index is 721. The SMILES string of the molecule is COc1c[nH]c(CN(CCO)Cc2c(C)nn(C)c2C)cc1=O. The number of hydrogen-bond acceptors (Lipinski definition) is 5. The summed E-state index contributed by atoms with van der Waals surface area (Å²) in [6, 6.07) is 1.53. The molecular weight excluding hydrogens is 296 g/mol. The van der Waals surface area contributed by atoms with Crippen molar-refractivity contribution in [3.05, 3.63) is 45.1 Å². The van der Waals surface area contributed by atoms with E-state index in [2.05, 4.69) is 15.0 Å². The summed E-state index contributed by atoms with van der Waals surface area (Å²) in [5.41, 5.74) is 3.86. The fourth-order valence-electron chi connectivity index (χ4n) is 2.62. The largest absolute Gasteiger partial charge is 0.491 e. The molecule has 0 aliphatic carbocycles. The van der Waals surface area contributed by atoms with Crippen LogP contribution < -0.4 is 10.2 Å². The lowest BCUT2D eigenvalue weighted by atomic mass is 10.1. The summed E-state index contributed by atoms with van der Waals surface area (Å²) in [7, 11) is 3.39. The summed E-state index contributed by atoms with van der Waals surface area (Å²) < 4.78 is 6.83. The van der Waals surface area contributed by atoms with Gasteiger partial charge in [0.15, 0.2) is 5.75 Å². The molecule has 2 aromatic heterocycles. The highest BCUT2D eigenvalue weighted by molar-refractivity contribution is 5.24. The number of pyridine rings is 1. The van der Waals surface area contributed by atoms with Gasteiger partial charge in [-0.1, -0.05) is 0 Å². The number of aryl methyl sites for hydroxylation is 2. The van der Waals surface area contributed by atoms with Crippen molar-refractivity contribution >= 4 is 0 Å². The van der Waals surface area contributed by atoms with E-state index in [9.17, 15) is 9.90 Å². The highest BCUT2D eigenvalue weighted by atomic mass is 16.5. The zero-order valence-corrected chi connectivity index (χ0v) is 14.1. The molecule has 2 rings (SSSR count). The van der Waals surface area contributed by atoms with Gasteiger partial charge >= 0.3 is 0 Å². The molecule has 0 saturated heterocycles. The van der Waals surface area contributed by atoms with E-state index in [1.807, 2.05) is 25.6 Å². The maximum Gasteiger partial charge on any atom is 0.223 e. The number of aliphatic hydroxyl groups is 1. The molecule has 0 radical (unpaired) electrons. The molecule has 0 bridgehead atoms. The second-order valence-corrected chi connectivity index (χ2v) is 5.60. The van der Waals surface area contributed by atoms with Crippen molar-refractivity contribution in [2.75, 3.05) is 20.3 Å². The van der Waals surface area contributed by atoms with Gasteiger partial charge in [0, 0.05) is 55.9 Å². The van der Waals surface area contributed by atoms with Gasteiger partial charge in [-0.2, -0.15) is 5.10 Å². The van der Waals surface area contributed by atoms with E-state index >= 15 is 0 Å². The van der Waals surface area contributed by atoms with Gasteiger partial charge in [-0.3, -0.25) is 14.4 Å². The van der Waals surface area contributed by atoms with Crippen LogP contribution >= 0.6 is 0 Å².